The Balaban J connectivity index is -0.000000130. The van der Waals surface area contributed by atoms with E-state index in [4.69, 9.17) is 29.4 Å². The summed E-state index contributed by atoms with van der Waals surface area (Å²) >= 11 is 0. The second-order valence-electron chi connectivity index (χ2n) is 5.54. The molecule has 0 rings (SSSR count). The lowest BCUT2D eigenvalue weighted by atomic mass is 10.4. The molecule has 0 aliphatic heterocycles. The fourth-order valence-corrected chi connectivity index (χ4v) is 2.14. The summed E-state index contributed by atoms with van der Waals surface area (Å²) in [6.45, 7) is 9.89. The lowest BCUT2D eigenvalue weighted by Crippen LogP contribution is -1.99. The third-order valence-electron chi connectivity index (χ3n) is 3.50. The normalized spacial score (nSPS) is 15.4. The molecule has 153 valence electrons. The van der Waals surface area contributed by atoms with Crippen molar-refractivity contribution in [1.29, 1.82) is 0 Å². The third kappa shape index (κ3) is 21.1. The van der Waals surface area contributed by atoms with Crippen molar-refractivity contribution in [3.8, 4) is 0 Å². The first-order valence-electron chi connectivity index (χ1n) is 7.60. The zero-order chi connectivity index (χ0) is 20.4. The van der Waals surface area contributed by atoms with Crippen LogP contribution in [-0.2, 0) is 13.7 Å². The Bertz CT molecular complexity index is 390. The van der Waals surface area contributed by atoms with Gasteiger partial charge in [0.2, 0.25) is 0 Å². The predicted octanol–water partition coefficient (Wildman–Crippen LogP) is 2.51. The molecule has 6 N–H and O–H groups in total. The van der Waals surface area contributed by atoms with E-state index in [0.29, 0.717) is 19.3 Å². The van der Waals surface area contributed by atoms with Gasteiger partial charge in [0.25, 0.3) is 0 Å². The van der Waals surface area contributed by atoms with E-state index in [9.17, 15) is 13.7 Å². The molecule has 0 spiro atoms. The van der Waals surface area contributed by atoms with Crippen LogP contribution in [0.3, 0.4) is 0 Å². The molecule has 3 radical (unpaired) electrons. The van der Waals surface area contributed by atoms with Crippen LogP contribution in [0, 0.1) is 0 Å². The van der Waals surface area contributed by atoms with Gasteiger partial charge in [0.1, 0.15) is 0 Å². The van der Waals surface area contributed by atoms with Gasteiger partial charge in [-0.05, 0) is 19.3 Å². The number of hydrogen-bond acceptors (Lipinski definition) is 3. The molecule has 0 heterocycles. The Morgan fingerprint density at radius 2 is 0.680 bits per heavy atom. The SMILES string of the molecule is CCC(C)P(=O)(O)O.CCC(C)P(=O)(O)O.CCC(C)P(=O)(O)O.[Al]. The molecule has 0 aliphatic rings. The Hall–Kier alpha value is 0.982. The molecule has 0 fully saturated rings. The number of rotatable bonds is 6. The van der Waals surface area contributed by atoms with Crippen molar-refractivity contribution in [1.82, 2.24) is 0 Å². The summed E-state index contributed by atoms with van der Waals surface area (Å²) in [5, 5.41) is 0. The molecular formula is C12H33AlO9P3. The van der Waals surface area contributed by atoms with E-state index in [1.54, 1.807) is 41.5 Å². The van der Waals surface area contributed by atoms with Crippen molar-refractivity contribution < 1.29 is 43.1 Å². The quantitative estimate of drug-likeness (QED) is 0.267. The van der Waals surface area contributed by atoms with E-state index in [2.05, 4.69) is 0 Å². The van der Waals surface area contributed by atoms with Crippen LogP contribution >= 0.6 is 22.8 Å². The zero-order valence-electron chi connectivity index (χ0n) is 15.7. The highest BCUT2D eigenvalue weighted by atomic mass is 31.2. The third-order valence-corrected chi connectivity index (χ3v) is 8.04. The van der Waals surface area contributed by atoms with Gasteiger partial charge >= 0.3 is 22.8 Å². The van der Waals surface area contributed by atoms with Gasteiger partial charge < -0.3 is 29.4 Å². The lowest BCUT2D eigenvalue weighted by molar-refractivity contribution is 0.357. The van der Waals surface area contributed by atoms with E-state index in [1.165, 1.54) is 0 Å². The first-order valence-corrected chi connectivity index (χ1v) is 12.6. The second-order valence-corrected chi connectivity index (χ2v) is 11.7. The summed E-state index contributed by atoms with van der Waals surface area (Å²) in [5.74, 6) is 0. The van der Waals surface area contributed by atoms with E-state index in [-0.39, 0.29) is 17.4 Å². The van der Waals surface area contributed by atoms with Crippen LogP contribution in [-0.4, -0.2) is 63.7 Å². The molecule has 0 aliphatic carbocycles. The van der Waals surface area contributed by atoms with Gasteiger partial charge in [-0.15, -0.1) is 0 Å². The minimum absolute atomic E-state index is 0. The molecule has 3 atom stereocenters. The summed E-state index contributed by atoms with van der Waals surface area (Å²) in [6.07, 6.45) is 1.60. The maximum atomic E-state index is 10.3. The molecular weight excluding hydrogens is 408 g/mol. The number of hydrogen-bond donors (Lipinski definition) is 6. The van der Waals surface area contributed by atoms with Crippen molar-refractivity contribution in [3.63, 3.8) is 0 Å². The Kier molecular flexibility index (Phi) is 20.1. The minimum Gasteiger partial charge on any atom is -0.324 e. The fourth-order valence-electron chi connectivity index (χ4n) is 0.714. The first-order chi connectivity index (χ1) is 10.4. The van der Waals surface area contributed by atoms with Gasteiger partial charge in [-0.2, -0.15) is 0 Å². The highest BCUT2D eigenvalue weighted by Crippen LogP contribution is 2.43. The molecule has 0 amide bonds. The molecule has 0 aromatic rings. The van der Waals surface area contributed by atoms with Crippen molar-refractivity contribution in [3.05, 3.63) is 0 Å². The lowest BCUT2D eigenvalue weighted by Gasteiger charge is -2.08. The van der Waals surface area contributed by atoms with Crippen molar-refractivity contribution in [2.75, 3.05) is 0 Å². The van der Waals surface area contributed by atoms with Gasteiger partial charge in [-0.1, -0.05) is 41.5 Å². The average molecular weight is 441 g/mol. The fraction of sp³-hybridized carbons (Fsp3) is 1.00. The van der Waals surface area contributed by atoms with Crippen LogP contribution in [0.1, 0.15) is 60.8 Å². The molecule has 0 saturated carbocycles. The van der Waals surface area contributed by atoms with Crippen LogP contribution in [0.4, 0.5) is 0 Å². The average Bonchev–Trinajstić information content (AvgIpc) is 2.42. The predicted molar refractivity (Wildman–Crippen MR) is 101 cm³/mol. The van der Waals surface area contributed by atoms with E-state index >= 15 is 0 Å². The second kappa shape index (κ2) is 15.0. The maximum absolute atomic E-state index is 10.3. The van der Waals surface area contributed by atoms with Gasteiger partial charge in [-0.25, -0.2) is 0 Å². The summed E-state index contributed by atoms with van der Waals surface area (Å²) < 4.78 is 30.8. The molecule has 0 bridgehead atoms. The molecule has 0 saturated heterocycles. The van der Waals surface area contributed by atoms with Crippen molar-refractivity contribution >= 4 is 40.1 Å². The Labute approximate surface area is 161 Å². The van der Waals surface area contributed by atoms with Crippen molar-refractivity contribution in [2.45, 2.75) is 77.8 Å². The highest BCUT2D eigenvalue weighted by molar-refractivity contribution is 7.53. The summed E-state index contributed by atoms with van der Waals surface area (Å²) in [5.41, 5.74) is -1.45. The molecule has 0 aromatic carbocycles. The van der Waals surface area contributed by atoms with Gasteiger partial charge in [0.15, 0.2) is 0 Å². The Morgan fingerprint density at radius 3 is 0.680 bits per heavy atom. The Morgan fingerprint density at radius 1 is 0.560 bits per heavy atom. The van der Waals surface area contributed by atoms with Crippen LogP contribution < -0.4 is 0 Å². The van der Waals surface area contributed by atoms with Gasteiger partial charge in [-0.3, -0.25) is 13.7 Å². The van der Waals surface area contributed by atoms with Crippen LogP contribution in [0.15, 0.2) is 0 Å². The van der Waals surface area contributed by atoms with E-state index < -0.39 is 39.8 Å². The van der Waals surface area contributed by atoms with E-state index in [0.717, 1.165) is 0 Å². The monoisotopic (exact) mass is 441 g/mol. The maximum Gasteiger partial charge on any atom is 0.328 e. The van der Waals surface area contributed by atoms with Gasteiger partial charge in [0.05, 0.1) is 17.0 Å². The molecule has 13 heteroatoms. The highest BCUT2D eigenvalue weighted by Gasteiger charge is 2.22. The molecule has 9 nitrogen and oxygen atoms in total. The van der Waals surface area contributed by atoms with Crippen LogP contribution in [0.25, 0.3) is 0 Å². The standard InChI is InChI=1S/3C4H11O3P.Al/c3*1-3-4(2)8(5,6)7;/h3*4H,3H2,1-2H3,(H2,5,6,7);. The minimum atomic E-state index is -3.76. The van der Waals surface area contributed by atoms with Crippen molar-refractivity contribution in [2.24, 2.45) is 0 Å². The van der Waals surface area contributed by atoms with Crippen LogP contribution in [0.2, 0.25) is 0 Å². The first kappa shape index (κ1) is 33.6. The molecule has 25 heavy (non-hydrogen) atoms. The summed E-state index contributed by atoms with van der Waals surface area (Å²) in [6, 6.07) is 0. The molecule has 3 unspecified atom stereocenters. The van der Waals surface area contributed by atoms with Gasteiger partial charge in [0, 0.05) is 17.4 Å². The topological polar surface area (TPSA) is 173 Å². The summed E-state index contributed by atoms with van der Waals surface area (Å²) in [7, 11) is -11.3. The smallest absolute Gasteiger partial charge is 0.324 e. The molecule has 0 aromatic heterocycles. The largest absolute Gasteiger partial charge is 0.328 e. The van der Waals surface area contributed by atoms with E-state index in [1.807, 2.05) is 0 Å². The summed E-state index contributed by atoms with van der Waals surface area (Å²) in [4.78, 5) is 50.4. The van der Waals surface area contributed by atoms with Crippen LogP contribution in [0.5, 0.6) is 0 Å². The zero-order valence-corrected chi connectivity index (χ0v) is 19.5.